The second-order valence-corrected chi connectivity index (χ2v) is 8.42. The summed E-state index contributed by atoms with van der Waals surface area (Å²) in [6.07, 6.45) is 5.60. The summed E-state index contributed by atoms with van der Waals surface area (Å²) in [5.41, 5.74) is 1.60. The lowest BCUT2D eigenvalue weighted by molar-refractivity contribution is -0.142. The Labute approximate surface area is 176 Å². The molecule has 1 atom stereocenters. The smallest absolute Gasteiger partial charge is 0.305 e. The van der Waals surface area contributed by atoms with Crippen molar-refractivity contribution < 1.29 is 19.1 Å². The van der Waals surface area contributed by atoms with Crippen molar-refractivity contribution in [2.24, 2.45) is 11.8 Å². The number of esters is 1. The first-order valence-corrected chi connectivity index (χ1v) is 10.8. The highest BCUT2D eigenvalue weighted by Gasteiger charge is 2.33. The van der Waals surface area contributed by atoms with Crippen molar-refractivity contribution in [3.05, 3.63) is 36.0 Å². The van der Waals surface area contributed by atoms with Crippen LogP contribution in [0.25, 0.3) is 10.9 Å². The van der Waals surface area contributed by atoms with E-state index in [4.69, 9.17) is 4.74 Å². The van der Waals surface area contributed by atoms with Crippen LogP contribution in [0.15, 0.2) is 30.5 Å². The van der Waals surface area contributed by atoms with E-state index in [0.717, 1.165) is 36.6 Å². The fraction of sp³-hybridized carbons (Fsp3) is 0.522. The van der Waals surface area contributed by atoms with Crippen LogP contribution >= 0.6 is 0 Å². The summed E-state index contributed by atoms with van der Waals surface area (Å²) in [5, 5.41) is 1.08. The van der Waals surface area contributed by atoms with Crippen LogP contribution in [-0.2, 0) is 14.3 Å². The number of benzene rings is 1. The number of ether oxygens (including phenoxy) is 1. The van der Waals surface area contributed by atoms with E-state index in [1.54, 1.807) is 0 Å². The number of methoxy groups -OCH3 is 1. The maximum atomic E-state index is 13.1. The molecule has 30 heavy (non-hydrogen) atoms. The van der Waals surface area contributed by atoms with Gasteiger partial charge in [-0.05, 0) is 55.2 Å². The molecular formula is C23H29N3O4. The van der Waals surface area contributed by atoms with Crippen molar-refractivity contribution in [2.75, 3.05) is 33.3 Å². The standard InChI is InChI=1S/C23H29N3O4/c1-30-21(27)13-16-7-11-25(12-8-16)23(29)19-3-2-10-26(15-19)22(28)18-5-4-17-6-9-24-20(17)14-18/h4-6,9,14,16,19,24H,2-3,7-8,10-13,15H2,1H3/t19-/m1/s1. The Hall–Kier alpha value is -2.83. The molecule has 0 aliphatic carbocycles. The second-order valence-electron chi connectivity index (χ2n) is 8.42. The van der Waals surface area contributed by atoms with Crippen LogP contribution < -0.4 is 0 Å². The van der Waals surface area contributed by atoms with Gasteiger partial charge >= 0.3 is 5.97 Å². The predicted molar refractivity (Wildman–Crippen MR) is 113 cm³/mol. The van der Waals surface area contributed by atoms with Gasteiger partial charge < -0.3 is 19.5 Å². The van der Waals surface area contributed by atoms with Gasteiger partial charge in [-0.2, -0.15) is 0 Å². The Balaban J connectivity index is 1.35. The number of hydrogen-bond donors (Lipinski definition) is 1. The molecule has 2 aliphatic rings. The van der Waals surface area contributed by atoms with Gasteiger partial charge in [0.15, 0.2) is 0 Å². The molecule has 0 saturated carbocycles. The van der Waals surface area contributed by atoms with E-state index in [2.05, 4.69) is 4.98 Å². The molecule has 3 heterocycles. The molecule has 2 aromatic rings. The van der Waals surface area contributed by atoms with Crippen molar-refractivity contribution in [1.29, 1.82) is 0 Å². The Kier molecular flexibility index (Phi) is 6.06. The average Bonchev–Trinajstić information content (AvgIpc) is 3.26. The van der Waals surface area contributed by atoms with Crippen LogP contribution in [0.1, 0.15) is 42.5 Å². The van der Waals surface area contributed by atoms with Crippen LogP contribution in [0.5, 0.6) is 0 Å². The lowest BCUT2D eigenvalue weighted by atomic mass is 9.91. The molecule has 1 N–H and O–H groups in total. The average molecular weight is 412 g/mol. The number of aromatic amines is 1. The van der Waals surface area contributed by atoms with E-state index in [1.807, 2.05) is 40.3 Å². The number of rotatable bonds is 4. The molecule has 0 spiro atoms. The van der Waals surface area contributed by atoms with Crippen molar-refractivity contribution in [3.8, 4) is 0 Å². The van der Waals surface area contributed by atoms with Gasteiger partial charge in [0.1, 0.15) is 0 Å². The van der Waals surface area contributed by atoms with Gasteiger partial charge in [-0.15, -0.1) is 0 Å². The van der Waals surface area contributed by atoms with Crippen molar-refractivity contribution in [2.45, 2.75) is 32.1 Å². The number of hydrogen-bond acceptors (Lipinski definition) is 4. The molecule has 2 saturated heterocycles. The maximum absolute atomic E-state index is 13.1. The minimum Gasteiger partial charge on any atom is -0.469 e. The summed E-state index contributed by atoms with van der Waals surface area (Å²) >= 11 is 0. The van der Waals surface area contributed by atoms with E-state index in [9.17, 15) is 14.4 Å². The first-order valence-electron chi connectivity index (χ1n) is 10.8. The van der Waals surface area contributed by atoms with Gasteiger partial charge in [0, 0.05) is 49.9 Å². The number of nitrogens with one attached hydrogen (secondary N) is 1. The Morgan fingerprint density at radius 3 is 2.63 bits per heavy atom. The first kappa shape index (κ1) is 20.4. The Morgan fingerprint density at radius 1 is 1.07 bits per heavy atom. The highest BCUT2D eigenvalue weighted by Crippen LogP contribution is 2.26. The zero-order valence-corrected chi connectivity index (χ0v) is 17.4. The molecular weight excluding hydrogens is 382 g/mol. The van der Waals surface area contributed by atoms with E-state index >= 15 is 0 Å². The molecule has 7 heteroatoms. The number of piperidine rings is 2. The Morgan fingerprint density at radius 2 is 1.87 bits per heavy atom. The van der Waals surface area contributed by atoms with Gasteiger partial charge in [-0.1, -0.05) is 6.07 Å². The number of carbonyl (C=O) groups is 3. The third-order valence-corrected chi connectivity index (χ3v) is 6.47. The fourth-order valence-electron chi connectivity index (χ4n) is 4.66. The summed E-state index contributed by atoms with van der Waals surface area (Å²) in [5.74, 6) is 0.0892. The summed E-state index contributed by atoms with van der Waals surface area (Å²) in [6, 6.07) is 7.67. The first-order chi connectivity index (χ1) is 14.5. The number of likely N-dealkylation sites (tertiary alicyclic amines) is 2. The largest absolute Gasteiger partial charge is 0.469 e. The number of H-pyrrole nitrogens is 1. The minimum atomic E-state index is -0.182. The quantitative estimate of drug-likeness (QED) is 0.785. The third kappa shape index (κ3) is 4.35. The molecule has 7 nitrogen and oxygen atoms in total. The topological polar surface area (TPSA) is 82.7 Å². The summed E-state index contributed by atoms with van der Waals surface area (Å²) in [7, 11) is 1.41. The van der Waals surface area contributed by atoms with E-state index in [-0.39, 0.29) is 29.6 Å². The normalized spacial score (nSPS) is 20.4. The molecule has 0 radical (unpaired) electrons. The number of amides is 2. The molecule has 0 unspecified atom stereocenters. The van der Waals surface area contributed by atoms with Gasteiger partial charge in [0.25, 0.3) is 5.91 Å². The number of nitrogens with zero attached hydrogens (tertiary/aromatic N) is 2. The Bertz CT molecular complexity index is 929. The van der Waals surface area contributed by atoms with E-state index in [0.29, 0.717) is 38.2 Å². The molecule has 1 aromatic heterocycles. The molecule has 0 bridgehead atoms. The van der Waals surface area contributed by atoms with Crippen LogP contribution in [0.3, 0.4) is 0 Å². The van der Waals surface area contributed by atoms with Crippen LogP contribution in [0, 0.1) is 11.8 Å². The molecule has 160 valence electrons. The maximum Gasteiger partial charge on any atom is 0.305 e. The number of fused-ring (bicyclic) bond motifs is 1. The minimum absolute atomic E-state index is 0.0132. The van der Waals surface area contributed by atoms with Crippen molar-refractivity contribution in [3.63, 3.8) is 0 Å². The molecule has 2 amide bonds. The summed E-state index contributed by atoms with van der Waals surface area (Å²) < 4.78 is 4.75. The van der Waals surface area contributed by atoms with Crippen LogP contribution in [0.2, 0.25) is 0 Å². The number of carbonyl (C=O) groups excluding carboxylic acids is 3. The monoisotopic (exact) mass is 411 g/mol. The van der Waals surface area contributed by atoms with E-state index < -0.39 is 0 Å². The third-order valence-electron chi connectivity index (χ3n) is 6.47. The zero-order chi connectivity index (χ0) is 21.1. The lowest BCUT2D eigenvalue weighted by Gasteiger charge is -2.37. The van der Waals surface area contributed by atoms with E-state index in [1.165, 1.54) is 7.11 Å². The highest BCUT2D eigenvalue weighted by molar-refractivity contribution is 5.98. The molecule has 4 rings (SSSR count). The zero-order valence-electron chi connectivity index (χ0n) is 17.4. The molecule has 2 fully saturated rings. The number of aromatic nitrogens is 1. The molecule has 2 aliphatic heterocycles. The van der Waals surface area contributed by atoms with Gasteiger partial charge in [-0.3, -0.25) is 14.4 Å². The van der Waals surface area contributed by atoms with Crippen LogP contribution in [0.4, 0.5) is 0 Å². The summed E-state index contributed by atoms with van der Waals surface area (Å²) in [6.45, 7) is 2.51. The SMILES string of the molecule is COC(=O)CC1CCN(C(=O)[C@@H]2CCCN(C(=O)c3ccc4cc[nH]c4c3)C2)CC1. The van der Waals surface area contributed by atoms with Gasteiger partial charge in [0.05, 0.1) is 13.0 Å². The predicted octanol–water partition coefficient (Wildman–Crippen LogP) is 2.82. The van der Waals surface area contributed by atoms with Crippen molar-refractivity contribution >= 4 is 28.7 Å². The second kappa shape index (κ2) is 8.90. The molecule has 1 aromatic carbocycles. The van der Waals surface area contributed by atoms with Gasteiger partial charge in [0.2, 0.25) is 5.91 Å². The lowest BCUT2D eigenvalue weighted by Crippen LogP contribution is -2.48. The fourth-order valence-corrected chi connectivity index (χ4v) is 4.66. The van der Waals surface area contributed by atoms with Crippen LogP contribution in [-0.4, -0.2) is 65.9 Å². The highest BCUT2D eigenvalue weighted by atomic mass is 16.5. The summed E-state index contributed by atoms with van der Waals surface area (Å²) in [4.78, 5) is 44.5. The van der Waals surface area contributed by atoms with Gasteiger partial charge in [-0.25, -0.2) is 0 Å². The van der Waals surface area contributed by atoms with Crippen molar-refractivity contribution in [1.82, 2.24) is 14.8 Å².